The smallest absolute Gasteiger partial charge is 0.328 e. The van der Waals surface area contributed by atoms with Crippen LogP contribution in [0.4, 0.5) is 0 Å². The van der Waals surface area contributed by atoms with Crippen molar-refractivity contribution in [3.63, 3.8) is 0 Å². The minimum Gasteiger partial charge on any atom is -0.507 e. The van der Waals surface area contributed by atoms with E-state index in [4.69, 9.17) is 10.2 Å². The fourth-order valence-corrected chi connectivity index (χ4v) is 4.33. The molecule has 0 saturated carbocycles. The molecule has 0 amide bonds. The molecular formula is C38H54O6S. The summed E-state index contributed by atoms with van der Waals surface area (Å²) in [7, 11) is 0. The number of benzene rings is 2. The molecule has 7 heteroatoms. The summed E-state index contributed by atoms with van der Waals surface area (Å²) in [6, 6.07) is 7.40. The highest BCUT2D eigenvalue weighted by molar-refractivity contribution is 8.04. The molecule has 0 spiro atoms. The first kappa shape index (κ1) is 41.3. The van der Waals surface area contributed by atoms with Gasteiger partial charge in [-0.25, -0.2) is 9.59 Å². The van der Waals surface area contributed by atoms with Gasteiger partial charge in [-0.05, 0) is 80.0 Å². The molecule has 2 aromatic carbocycles. The maximum absolute atomic E-state index is 10.7. The van der Waals surface area contributed by atoms with Crippen molar-refractivity contribution in [2.75, 3.05) is 0 Å². The number of carbonyl (C=O) groups is 2. The van der Waals surface area contributed by atoms with Gasteiger partial charge in [0, 0.05) is 34.4 Å². The summed E-state index contributed by atoms with van der Waals surface area (Å²) in [5.41, 5.74) is 4.05. The molecule has 0 aliphatic heterocycles. The number of rotatable bonds is 6. The highest BCUT2D eigenvalue weighted by Gasteiger charge is 2.27. The Morgan fingerprint density at radius 3 is 0.911 bits per heavy atom. The molecular weight excluding hydrogens is 584 g/mol. The summed E-state index contributed by atoms with van der Waals surface area (Å²) in [6.45, 7) is 31.2. The molecule has 0 saturated heterocycles. The zero-order valence-electron chi connectivity index (χ0n) is 29.2. The minimum atomic E-state index is -0.979. The number of phenols is 2. The fourth-order valence-electron chi connectivity index (χ4n) is 4.20. The van der Waals surface area contributed by atoms with E-state index in [1.807, 2.05) is 107 Å². The van der Waals surface area contributed by atoms with Crippen molar-refractivity contribution in [3.8, 4) is 11.5 Å². The Hall–Kier alpha value is -3.71. The van der Waals surface area contributed by atoms with E-state index in [2.05, 4.69) is 13.2 Å². The van der Waals surface area contributed by atoms with Gasteiger partial charge in [-0.15, -0.1) is 11.8 Å². The third-order valence-electron chi connectivity index (χ3n) is 6.53. The molecule has 0 fully saturated rings. The average Bonchev–Trinajstić information content (AvgIpc) is 2.85. The number of carboxylic acids is 2. The first-order valence-electron chi connectivity index (χ1n) is 14.7. The van der Waals surface area contributed by atoms with Crippen LogP contribution in [0.5, 0.6) is 11.5 Å². The molecule has 0 heterocycles. The summed E-state index contributed by atoms with van der Waals surface area (Å²) >= 11 is 1.49. The van der Waals surface area contributed by atoms with Gasteiger partial charge in [-0.3, -0.25) is 0 Å². The highest BCUT2D eigenvalue weighted by atomic mass is 32.2. The lowest BCUT2D eigenvalue weighted by Crippen LogP contribution is -2.17. The van der Waals surface area contributed by atoms with Crippen LogP contribution in [0.15, 0.2) is 60.4 Å². The Morgan fingerprint density at radius 1 is 0.556 bits per heavy atom. The van der Waals surface area contributed by atoms with Gasteiger partial charge in [-0.1, -0.05) is 96.2 Å². The van der Waals surface area contributed by atoms with Crippen molar-refractivity contribution in [2.24, 2.45) is 0 Å². The predicted octanol–water partition coefficient (Wildman–Crippen LogP) is 10.2. The average molecular weight is 639 g/mol. The van der Waals surface area contributed by atoms with E-state index >= 15 is 0 Å². The highest BCUT2D eigenvalue weighted by Crippen LogP contribution is 2.41. The molecule has 6 nitrogen and oxygen atoms in total. The molecule has 0 aromatic heterocycles. The van der Waals surface area contributed by atoms with Crippen molar-refractivity contribution in [2.45, 2.75) is 105 Å². The van der Waals surface area contributed by atoms with E-state index in [1.165, 1.54) is 11.8 Å². The van der Waals surface area contributed by atoms with E-state index < -0.39 is 11.9 Å². The summed E-state index contributed by atoms with van der Waals surface area (Å²) < 4.78 is 0. The van der Waals surface area contributed by atoms with Crippen molar-refractivity contribution in [3.05, 3.63) is 93.8 Å². The summed E-state index contributed by atoms with van der Waals surface area (Å²) in [5, 5.41) is 42.0. The number of phenolic OH excluding ortho intramolecular Hbond substituents is 2. The molecule has 2 aromatic rings. The lowest BCUT2D eigenvalue weighted by molar-refractivity contribution is -0.132. The Bertz CT molecular complexity index is 1220. The van der Waals surface area contributed by atoms with Crippen molar-refractivity contribution in [1.29, 1.82) is 0 Å². The van der Waals surface area contributed by atoms with Crippen LogP contribution < -0.4 is 0 Å². The normalized spacial score (nSPS) is 12.2. The number of hydrogen-bond donors (Lipinski definition) is 4. The van der Waals surface area contributed by atoms with Crippen LogP contribution in [-0.4, -0.2) is 32.4 Å². The van der Waals surface area contributed by atoms with Gasteiger partial charge in [0.15, 0.2) is 0 Å². The van der Waals surface area contributed by atoms with Gasteiger partial charge in [0.25, 0.3) is 0 Å². The Kier molecular flexibility index (Phi) is 15.2. The summed E-state index contributed by atoms with van der Waals surface area (Å²) in [4.78, 5) is 21.3. The van der Waals surface area contributed by atoms with Crippen LogP contribution >= 0.6 is 11.8 Å². The molecule has 0 aliphatic carbocycles. The van der Waals surface area contributed by atoms with Gasteiger partial charge in [0.1, 0.15) is 11.5 Å². The molecule has 45 heavy (non-hydrogen) atoms. The van der Waals surface area contributed by atoms with E-state index in [9.17, 15) is 19.8 Å². The van der Waals surface area contributed by atoms with Crippen LogP contribution in [0.2, 0.25) is 0 Å². The van der Waals surface area contributed by atoms with Crippen molar-refractivity contribution in [1.82, 2.24) is 0 Å². The lowest BCUT2D eigenvalue weighted by Gasteiger charge is -2.27. The van der Waals surface area contributed by atoms with Crippen molar-refractivity contribution < 1.29 is 30.0 Å². The topological polar surface area (TPSA) is 115 Å². The van der Waals surface area contributed by atoms with Crippen LogP contribution in [0.3, 0.4) is 0 Å². The molecule has 4 N–H and O–H groups in total. The SMILES string of the molecule is C=CSC=C.CC(C)(C)c1cc(/C=C/C(=O)O)cc(C(C)(C)C)c1O.CC(C)(C)c1cc(/C=C/C(=O)O)cc(C(C)(C)C)c1O. The van der Waals surface area contributed by atoms with Gasteiger partial charge in [0.2, 0.25) is 0 Å². The molecule has 0 bridgehead atoms. The number of aromatic hydroxyl groups is 2. The van der Waals surface area contributed by atoms with E-state index in [0.717, 1.165) is 45.5 Å². The van der Waals surface area contributed by atoms with Crippen LogP contribution in [0.25, 0.3) is 12.2 Å². The Morgan fingerprint density at radius 2 is 0.778 bits per heavy atom. The molecule has 0 unspecified atom stereocenters. The van der Waals surface area contributed by atoms with E-state index in [1.54, 1.807) is 23.0 Å². The Balaban J connectivity index is 0.000000748. The predicted molar refractivity (Wildman–Crippen MR) is 192 cm³/mol. The van der Waals surface area contributed by atoms with E-state index in [0.29, 0.717) is 11.5 Å². The third-order valence-corrected chi connectivity index (χ3v) is 6.91. The largest absolute Gasteiger partial charge is 0.507 e. The molecule has 0 atom stereocenters. The maximum Gasteiger partial charge on any atom is 0.328 e. The molecule has 2 rings (SSSR count). The zero-order valence-corrected chi connectivity index (χ0v) is 30.0. The quantitative estimate of drug-likeness (QED) is 0.233. The minimum absolute atomic E-state index is 0.211. The van der Waals surface area contributed by atoms with Gasteiger partial charge in [-0.2, -0.15) is 0 Å². The summed E-state index contributed by atoms with van der Waals surface area (Å²) in [5.74, 6) is -1.35. The van der Waals surface area contributed by atoms with Crippen LogP contribution in [0.1, 0.15) is 116 Å². The second-order valence-electron chi connectivity index (χ2n) is 14.7. The second kappa shape index (κ2) is 16.6. The number of thioether (sulfide) groups is 1. The third kappa shape index (κ3) is 14.3. The van der Waals surface area contributed by atoms with Crippen molar-refractivity contribution >= 4 is 35.9 Å². The fraction of sp³-hybridized carbons (Fsp3) is 0.421. The zero-order chi connectivity index (χ0) is 35.6. The van der Waals surface area contributed by atoms with Gasteiger partial charge < -0.3 is 20.4 Å². The van der Waals surface area contributed by atoms with E-state index in [-0.39, 0.29) is 21.7 Å². The monoisotopic (exact) mass is 638 g/mol. The number of carboxylic acid groups (broad SMARTS) is 2. The number of aliphatic carboxylic acids is 2. The maximum atomic E-state index is 10.7. The molecule has 248 valence electrons. The molecule has 0 radical (unpaired) electrons. The first-order chi connectivity index (χ1) is 20.3. The standard InChI is InChI=1S/2C17H24O3.C4H6S/c2*1-16(2,3)12-9-11(7-8-14(18)19)10-13(15(12)20)17(4,5)6;1-3-5-4-2/h2*7-10,20H,1-6H3,(H,18,19);3-4H,1-2H2/b2*8-7+;. The van der Waals surface area contributed by atoms with Gasteiger partial charge >= 0.3 is 11.9 Å². The van der Waals surface area contributed by atoms with Crippen LogP contribution in [0, 0.1) is 0 Å². The lowest BCUT2D eigenvalue weighted by atomic mass is 9.78. The van der Waals surface area contributed by atoms with Crippen LogP contribution in [-0.2, 0) is 31.2 Å². The Labute approximate surface area is 275 Å². The molecule has 0 aliphatic rings. The summed E-state index contributed by atoms with van der Waals surface area (Å²) in [6.07, 6.45) is 5.36. The number of hydrogen-bond acceptors (Lipinski definition) is 5. The second-order valence-corrected chi connectivity index (χ2v) is 15.7. The first-order valence-corrected chi connectivity index (χ1v) is 15.7. The van der Waals surface area contributed by atoms with Gasteiger partial charge in [0.05, 0.1) is 0 Å².